The molecule has 5 nitrogen and oxygen atoms in total. The number of ether oxygens (including phenoxy) is 1. The van der Waals surface area contributed by atoms with Crippen LogP contribution in [0.15, 0.2) is 6.33 Å². The highest BCUT2D eigenvalue weighted by Crippen LogP contribution is 2.03. The maximum absolute atomic E-state index is 11.2. The first-order valence-electron chi connectivity index (χ1n) is 4.00. The SMILES string of the molecule is CCOC(=O)c1c(C)n(C)c[n+]1[O-]. The van der Waals surface area contributed by atoms with Crippen molar-refractivity contribution in [1.82, 2.24) is 4.57 Å². The van der Waals surface area contributed by atoms with Gasteiger partial charge >= 0.3 is 5.97 Å². The third-order valence-corrected chi connectivity index (χ3v) is 1.84. The van der Waals surface area contributed by atoms with E-state index >= 15 is 0 Å². The normalized spacial score (nSPS) is 10.1. The summed E-state index contributed by atoms with van der Waals surface area (Å²) in [6.07, 6.45) is 1.29. The Morgan fingerprint density at radius 3 is 2.77 bits per heavy atom. The summed E-state index contributed by atoms with van der Waals surface area (Å²) in [4.78, 5) is 11.2. The van der Waals surface area contributed by atoms with Gasteiger partial charge in [0.15, 0.2) is 5.69 Å². The number of hydrogen-bond donors (Lipinski definition) is 0. The van der Waals surface area contributed by atoms with Gasteiger partial charge in [0.25, 0.3) is 5.69 Å². The molecule has 13 heavy (non-hydrogen) atoms. The molecule has 0 N–H and O–H groups in total. The molecular weight excluding hydrogens is 172 g/mol. The van der Waals surface area contributed by atoms with Gasteiger partial charge in [0, 0.05) is 6.92 Å². The number of carbonyl (C=O) groups is 1. The van der Waals surface area contributed by atoms with E-state index in [4.69, 9.17) is 4.74 Å². The van der Waals surface area contributed by atoms with E-state index in [1.165, 1.54) is 6.33 Å². The third-order valence-electron chi connectivity index (χ3n) is 1.84. The molecule has 1 rings (SSSR count). The second-order valence-electron chi connectivity index (χ2n) is 2.71. The first-order valence-corrected chi connectivity index (χ1v) is 4.00. The summed E-state index contributed by atoms with van der Waals surface area (Å²) in [5, 5.41) is 11.2. The van der Waals surface area contributed by atoms with Crippen LogP contribution in [0.4, 0.5) is 0 Å². The lowest BCUT2D eigenvalue weighted by Crippen LogP contribution is -2.32. The van der Waals surface area contributed by atoms with Crippen LogP contribution in [0.3, 0.4) is 0 Å². The molecule has 0 atom stereocenters. The van der Waals surface area contributed by atoms with Crippen molar-refractivity contribution in [3.8, 4) is 0 Å². The molecule has 0 aliphatic heterocycles. The topological polar surface area (TPSA) is 58.2 Å². The van der Waals surface area contributed by atoms with Crippen molar-refractivity contribution < 1.29 is 14.3 Å². The molecule has 72 valence electrons. The fourth-order valence-corrected chi connectivity index (χ4v) is 1.07. The third kappa shape index (κ3) is 1.63. The molecule has 0 saturated carbocycles. The summed E-state index contributed by atoms with van der Waals surface area (Å²) in [5.74, 6) is -0.574. The summed E-state index contributed by atoms with van der Waals surface area (Å²) in [5.41, 5.74) is 0.665. The van der Waals surface area contributed by atoms with Crippen molar-refractivity contribution in [2.45, 2.75) is 13.8 Å². The van der Waals surface area contributed by atoms with Crippen LogP contribution in [0.5, 0.6) is 0 Å². The van der Waals surface area contributed by atoms with Crippen molar-refractivity contribution in [3.05, 3.63) is 22.9 Å². The van der Waals surface area contributed by atoms with Gasteiger partial charge in [-0.2, -0.15) is 0 Å². The molecule has 5 heteroatoms. The minimum absolute atomic E-state index is 0.0596. The quantitative estimate of drug-likeness (QED) is 0.373. The van der Waals surface area contributed by atoms with Gasteiger partial charge in [-0.25, -0.2) is 14.1 Å². The summed E-state index contributed by atoms with van der Waals surface area (Å²) in [6, 6.07) is 0. The van der Waals surface area contributed by atoms with Crippen molar-refractivity contribution in [2.75, 3.05) is 6.61 Å². The monoisotopic (exact) mass is 184 g/mol. The van der Waals surface area contributed by atoms with E-state index in [0.29, 0.717) is 10.4 Å². The number of esters is 1. The molecule has 0 fully saturated rings. The summed E-state index contributed by atoms with van der Waals surface area (Å²) in [6.45, 7) is 3.67. The van der Waals surface area contributed by atoms with Gasteiger partial charge in [0.1, 0.15) is 0 Å². The van der Waals surface area contributed by atoms with Crippen LogP contribution >= 0.6 is 0 Å². The van der Waals surface area contributed by atoms with Crippen molar-refractivity contribution in [1.29, 1.82) is 0 Å². The van der Waals surface area contributed by atoms with Crippen LogP contribution in [0.2, 0.25) is 0 Å². The molecule has 0 saturated heterocycles. The lowest BCUT2D eigenvalue weighted by atomic mass is 10.3. The zero-order valence-electron chi connectivity index (χ0n) is 7.90. The molecule has 0 aliphatic carbocycles. The minimum Gasteiger partial charge on any atom is -0.710 e. The number of carbonyl (C=O) groups excluding carboxylic acids is 1. The second kappa shape index (κ2) is 3.47. The zero-order chi connectivity index (χ0) is 10.0. The average Bonchev–Trinajstić information content (AvgIpc) is 2.27. The molecule has 0 radical (unpaired) electrons. The molecule has 0 unspecified atom stereocenters. The minimum atomic E-state index is -0.574. The summed E-state index contributed by atoms with van der Waals surface area (Å²) >= 11 is 0. The van der Waals surface area contributed by atoms with E-state index in [1.54, 1.807) is 25.5 Å². The maximum Gasteiger partial charge on any atom is 0.383 e. The van der Waals surface area contributed by atoms with E-state index in [0.717, 1.165) is 0 Å². The van der Waals surface area contributed by atoms with Gasteiger partial charge in [0.2, 0.25) is 6.33 Å². The highest BCUT2D eigenvalue weighted by atomic mass is 16.5. The smallest absolute Gasteiger partial charge is 0.383 e. The van der Waals surface area contributed by atoms with Crippen molar-refractivity contribution in [3.63, 3.8) is 0 Å². The lowest BCUT2D eigenvalue weighted by Gasteiger charge is -2.02. The van der Waals surface area contributed by atoms with Crippen molar-refractivity contribution in [2.24, 2.45) is 7.05 Å². The Balaban J connectivity index is 3.06. The fourth-order valence-electron chi connectivity index (χ4n) is 1.07. The van der Waals surface area contributed by atoms with E-state index in [9.17, 15) is 10.0 Å². The number of nitrogens with zero attached hydrogens (tertiary/aromatic N) is 2. The molecule has 1 aromatic rings. The predicted octanol–water partition coefficient (Wildman–Crippen LogP) is 0.144. The molecular formula is C8H12N2O3. The van der Waals surface area contributed by atoms with Gasteiger partial charge in [-0.3, -0.25) is 0 Å². The molecule has 0 aliphatic rings. The average molecular weight is 184 g/mol. The fraction of sp³-hybridized carbons (Fsp3) is 0.500. The predicted molar refractivity (Wildman–Crippen MR) is 45.1 cm³/mol. The molecule has 0 aromatic carbocycles. The molecule has 0 spiro atoms. The highest BCUT2D eigenvalue weighted by Gasteiger charge is 2.22. The Hall–Kier alpha value is -1.52. The van der Waals surface area contributed by atoms with Gasteiger partial charge in [-0.05, 0) is 6.92 Å². The van der Waals surface area contributed by atoms with Crippen LogP contribution in [-0.2, 0) is 11.8 Å². The van der Waals surface area contributed by atoms with Gasteiger partial charge in [0.05, 0.1) is 13.7 Å². The Kier molecular flexibility index (Phi) is 2.55. The number of rotatable bonds is 2. The first-order chi connectivity index (χ1) is 6.07. The molecule has 0 amide bonds. The number of aromatic nitrogens is 2. The molecule has 1 heterocycles. The number of aryl methyl sites for hydroxylation is 1. The largest absolute Gasteiger partial charge is 0.710 e. The summed E-state index contributed by atoms with van der Waals surface area (Å²) < 4.78 is 6.83. The Bertz CT molecular complexity index is 330. The highest BCUT2D eigenvalue weighted by molar-refractivity contribution is 5.86. The van der Waals surface area contributed by atoms with Gasteiger partial charge in [-0.1, -0.05) is 0 Å². The number of hydrogen-bond acceptors (Lipinski definition) is 3. The van der Waals surface area contributed by atoms with E-state index < -0.39 is 5.97 Å². The van der Waals surface area contributed by atoms with Crippen LogP contribution < -0.4 is 4.73 Å². The zero-order valence-corrected chi connectivity index (χ0v) is 7.90. The van der Waals surface area contributed by atoms with Crippen LogP contribution in [0.1, 0.15) is 23.1 Å². The van der Waals surface area contributed by atoms with E-state index in [-0.39, 0.29) is 12.3 Å². The second-order valence-corrected chi connectivity index (χ2v) is 2.71. The first kappa shape index (κ1) is 9.57. The Labute approximate surface area is 76.1 Å². The lowest BCUT2D eigenvalue weighted by molar-refractivity contribution is -0.607. The Morgan fingerprint density at radius 1 is 1.77 bits per heavy atom. The van der Waals surface area contributed by atoms with Gasteiger partial charge < -0.3 is 9.94 Å². The number of imidazole rings is 1. The standard InChI is InChI=1S/C8H12N2O3/c1-4-13-8(11)7-6(2)9(3)5-10(7)12/h5H,4H2,1-3H3. The maximum atomic E-state index is 11.2. The molecule has 0 bridgehead atoms. The summed E-state index contributed by atoms with van der Waals surface area (Å²) in [7, 11) is 1.70. The molecule has 1 aromatic heterocycles. The van der Waals surface area contributed by atoms with Crippen LogP contribution in [0, 0.1) is 12.1 Å². The Morgan fingerprint density at radius 2 is 2.38 bits per heavy atom. The van der Waals surface area contributed by atoms with Gasteiger partial charge in [-0.15, -0.1) is 0 Å². The van der Waals surface area contributed by atoms with Crippen molar-refractivity contribution >= 4 is 5.97 Å². The van der Waals surface area contributed by atoms with E-state index in [2.05, 4.69) is 0 Å². The van der Waals surface area contributed by atoms with E-state index in [1.807, 2.05) is 0 Å². The van der Waals surface area contributed by atoms with Crippen LogP contribution in [-0.4, -0.2) is 17.1 Å². The van der Waals surface area contributed by atoms with Crippen LogP contribution in [0.25, 0.3) is 0 Å².